The van der Waals surface area contributed by atoms with E-state index in [1.54, 1.807) is 6.07 Å². The molecule has 1 aromatic rings. The Kier molecular flexibility index (Phi) is 11.8. The van der Waals surface area contributed by atoms with E-state index in [2.05, 4.69) is 6.92 Å². The Morgan fingerprint density at radius 1 is 0.840 bits per heavy atom. The first-order valence-corrected chi connectivity index (χ1v) is 10.1. The van der Waals surface area contributed by atoms with Crippen molar-refractivity contribution in [2.24, 2.45) is 0 Å². The van der Waals surface area contributed by atoms with Crippen LogP contribution in [0.4, 0.5) is 0 Å². The minimum Gasteiger partial charge on any atom is -0.494 e. The van der Waals surface area contributed by atoms with Crippen LogP contribution in [0.2, 0.25) is 0 Å². The number of ether oxygens (including phenoxy) is 2. The number of carbonyl (C=O) groups excluding carboxylic acids is 1. The molecule has 0 saturated carbocycles. The third kappa shape index (κ3) is 10.2. The van der Waals surface area contributed by atoms with Gasteiger partial charge in [0.1, 0.15) is 5.75 Å². The van der Waals surface area contributed by atoms with Crippen LogP contribution >= 0.6 is 0 Å². The molecule has 0 N–H and O–H groups in total. The van der Waals surface area contributed by atoms with Gasteiger partial charge in [-0.3, -0.25) is 0 Å². The first-order chi connectivity index (χ1) is 12.2. The summed E-state index contributed by atoms with van der Waals surface area (Å²) in [6, 6.07) is 5.59. The standard InChI is InChI=1S/C22H36O3/c1-4-6-7-8-9-10-11-12-13-14-15-25-21-17-19(3)16-20(18-21)22(23)24-5-2/h16-18H,4-15H2,1-3H3. The predicted molar refractivity (Wildman–Crippen MR) is 104 cm³/mol. The van der Waals surface area contributed by atoms with E-state index in [-0.39, 0.29) is 5.97 Å². The molecule has 0 spiro atoms. The van der Waals surface area contributed by atoms with E-state index in [1.807, 2.05) is 26.0 Å². The van der Waals surface area contributed by atoms with Gasteiger partial charge in [-0.1, -0.05) is 64.7 Å². The van der Waals surface area contributed by atoms with Gasteiger partial charge in [0, 0.05) is 0 Å². The van der Waals surface area contributed by atoms with Crippen LogP contribution in [0.3, 0.4) is 0 Å². The largest absolute Gasteiger partial charge is 0.494 e. The fraction of sp³-hybridized carbons (Fsp3) is 0.682. The lowest BCUT2D eigenvalue weighted by Crippen LogP contribution is -2.06. The second-order valence-corrected chi connectivity index (χ2v) is 6.79. The van der Waals surface area contributed by atoms with Gasteiger partial charge < -0.3 is 9.47 Å². The first-order valence-electron chi connectivity index (χ1n) is 10.1. The van der Waals surface area contributed by atoms with E-state index in [0.717, 1.165) is 17.7 Å². The zero-order valence-corrected chi connectivity index (χ0v) is 16.4. The van der Waals surface area contributed by atoms with Gasteiger partial charge in [0.05, 0.1) is 18.8 Å². The summed E-state index contributed by atoms with van der Waals surface area (Å²) in [5, 5.41) is 0. The van der Waals surface area contributed by atoms with Gasteiger partial charge in [-0.25, -0.2) is 4.79 Å². The topological polar surface area (TPSA) is 35.5 Å². The molecule has 0 radical (unpaired) electrons. The molecule has 1 aromatic carbocycles. The highest BCUT2D eigenvalue weighted by atomic mass is 16.5. The number of rotatable bonds is 14. The van der Waals surface area contributed by atoms with Gasteiger partial charge in [-0.05, 0) is 44.0 Å². The summed E-state index contributed by atoms with van der Waals surface area (Å²) in [6.45, 7) is 7.15. The summed E-state index contributed by atoms with van der Waals surface area (Å²) in [4.78, 5) is 11.8. The lowest BCUT2D eigenvalue weighted by Gasteiger charge is -2.09. The maximum absolute atomic E-state index is 11.8. The van der Waals surface area contributed by atoms with Crippen LogP contribution in [0.1, 0.15) is 94.0 Å². The molecule has 25 heavy (non-hydrogen) atoms. The van der Waals surface area contributed by atoms with E-state index >= 15 is 0 Å². The predicted octanol–water partition coefficient (Wildman–Crippen LogP) is 6.47. The van der Waals surface area contributed by atoms with Crippen LogP contribution in [0, 0.1) is 6.92 Å². The first kappa shape index (κ1) is 21.5. The second-order valence-electron chi connectivity index (χ2n) is 6.79. The van der Waals surface area contributed by atoms with Crippen LogP contribution < -0.4 is 4.74 Å². The monoisotopic (exact) mass is 348 g/mol. The third-order valence-electron chi connectivity index (χ3n) is 4.33. The molecule has 3 nitrogen and oxygen atoms in total. The van der Waals surface area contributed by atoms with E-state index < -0.39 is 0 Å². The second kappa shape index (κ2) is 13.7. The normalized spacial score (nSPS) is 10.7. The van der Waals surface area contributed by atoms with Gasteiger partial charge in [-0.2, -0.15) is 0 Å². The van der Waals surface area contributed by atoms with Crippen LogP contribution in [0.25, 0.3) is 0 Å². The summed E-state index contributed by atoms with van der Waals surface area (Å²) >= 11 is 0. The van der Waals surface area contributed by atoms with Gasteiger partial charge in [0.25, 0.3) is 0 Å². The molecule has 0 aliphatic rings. The van der Waals surface area contributed by atoms with Gasteiger partial charge in [0.2, 0.25) is 0 Å². The highest BCUT2D eigenvalue weighted by Gasteiger charge is 2.09. The van der Waals surface area contributed by atoms with Crippen molar-refractivity contribution in [3.05, 3.63) is 29.3 Å². The average molecular weight is 349 g/mol. The van der Waals surface area contributed by atoms with Crippen LogP contribution in [-0.2, 0) is 4.74 Å². The van der Waals surface area contributed by atoms with Crippen LogP contribution in [0.15, 0.2) is 18.2 Å². The smallest absolute Gasteiger partial charge is 0.338 e. The lowest BCUT2D eigenvalue weighted by molar-refractivity contribution is 0.0525. The minimum absolute atomic E-state index is 0.282. The van der Waals surface area contributed by atoms with Crippen molar-refractivity contribution in [1.29, 1.82) is 0 Å². The fourth-order valence-corrected chi connectivity index (χ4v) is 2.94. The van der Waals surface area contributed by atoms with E-state index in [9.17, 15) is 4.79 Å². The molecule has 0 bridgehead atoms. The van der Waals surface area contributed by atoms with E-state index in [4.69, 9.17) is 9.47 Å². The molecule has 142 valence electrons. The molecule has 0 aromatic heterocycles. The van der Waals surface area contributed by atoms with Crippen molar-refractivity contribution in [2.45, 2.75) is 85.0 Å². The number of hydrogen-bond acceptors (Lipinski definition) is 3. The van der Waals surface area contributed by atoms with Crippen molar-refractivity contribution in [3.63, 3.8) is 0 Å². The molecule has 1 rings (SSSR count). The molecular weight excluding hydrogens is 312 g/mol. The minimum atomic E-state index is -0.282. The Morgan fingerprint density at radius 2 is 1.44 bits per heavy atom. The van der Waals surface area contributed by atoms with Crippen LogP contribution in [-0.4, -0.2) is 19.2 Å². The quantitative estimate of drug-likeness (QED) is 0.285. The Bertz CT molecular complexity index is 482. The lowest BCUT2D eigenvalue weighted by atomic mass is 10.1. The average Bonchev–Trinajstić information content (AvgIpc) is 2.59. The highest BCUT2D eigenvalue weighted by Crippen LogP contribution is 2.18. The maximum atomic E-state index is 11.8. The number of aryl methyl sites for hydroxylation is 1. The van der Waals surface area contributed by atoms with Crippen molar-refractivity contribution in [1.82, 2.24) is 0 Å². The van der Waals surface area contributed by atoms with Gasteiger partial charge in [0.15, 0.2) is 0 Å². The third-order valence-corrected chi connectivity index (χ3v) is 4.33. The van der Waals surface area contributed by atoms with Gasteiger partial charge in [-0.15, -0.1) is 0 Å². The summed E-state index contributed by atoms with van der Waals surface area (Å²) in [6.07, 6.45) is 13.2. The van der Waals surface area contributed by atoms with Crippen molar-refractivity contribution in [2.75, 3.05) is 13.2 Å². The zero-order chi connectivity index (χ0) is 18.3. The van der Waals surface area contributed by atoms with Crippen molar-refractivity contribution >= 4 is 5.97 Å². The Hall–Kier alpha value is -1.51. The molecule has 0 amide bonds. The summed E-state index contributed by atoms with van der Waals surface area (Å²) in [5.74, 6) is 0.481. The molecule has 3 heteroatoms. The van der Waals surface area contributed by atoms with E-state index in [0.29, 0.717) is 18.8 Å². The molecule has 0 aliphatic carbocycles. The molecular formula is C22H36O3. The Balaban J connectivity index is 2.14. The van der Waals surface area contributed by atoms with Crippen molar-refractivity contribution < 1.29 is 14.3 Å². The highest BCUT2D eigenvalue weighted by molar-refractivity contribution is 5.90. The summed E-state index contributed by atoms with van der Waals surface area (Å²) in [5.41, 5.74) is 1.59. The molecule has 0 heterocycles. The molecule has 0 atom stereocenters. The molecule has 0 unspecified atom stereocenters. The number of hydrogen-bond donors (Lipinski definition) is 0. The fourth-order valence-electron chi connectivity index (χ4n) is 2.94. The number of esters is 1. The number of benzene rings is 1. The van der Waals surface area contributed by atoms with Crippen molar-refractivity contribution in [3.8, 4) is 5.75 Å². The Morgan fingerprint density at radius 3 is 2.04 bits per heavy atom. The van der Waals surface area contributed by atoms with Crippen LogP contribution in [0.5, 0.6) is 5.75 Å². The Labute approximate surface area is 154 Å². The SMILES string of the molecule is CCCCCCCCCCCCOc1cc(C)cc(C(=O)OCC)c1. The number of unbranched alkanes of at least 4 members (excludes halogenated alkanes) is 9. The number of carbonyl (C=O) groups is 1. The summed E-state index contributed by atoms with van der Waals surface area (Å²) < 4.78 is 10.9. The molecule has 0 fully saturated rings. The van der Waals surface area contributed by atoms with E-state index in [1.165, 1.54) is 57.8 Å². The maximum Gasteiger partial charge on any atom is 0.338 e. The summed E-state index contributed by atoms with van der Waals surface area (Å²) in [7, 11) is 0. The zero-order valence-electron chi connectivity index (χ0n) is 16.4. The van der Waals surface area contributed by atoms with Gasteiger partial charge >= 0.3 is 5.97 Å². The molecule has 0 aliphatic heterocycles. The molecule has 0 saturated heterocycles.